The van der Waals surface area contributed by atoms with E-state index in [2.05, 4.69) is 46.2 Å². The monoisotopic (exact) mass is 582 g/mol. The second kappa shape index (κ2) is 12.3. The molecule has 3 saturated heterocycles. The number of fused-ring (bicyclic) bond motifs is 2. The van der Waals surface area contributed by atoms with Gasteiger partial charge in [0, 0.05) is 43.4 Å². The zero-order valence-corrected chi connectivity index (χ0v) is 24.8. The molecule has 7 unspecified atom stereocenters. The number of nitriles is 1. The molecule has 1 saturated carbocycles. The molecule has 1 amide bonds. The Balaban J connectivity index is 1.22. The van der Waals surface area contributed by atoms with Gasteiger partial charge in [0.15, 0.2) is 6.35 Å². The zero-order chi connectivity index (χ0) is 28.6. The summed E-state index contributed by atoms with van der Waals surface area (Å²) in [7, 11) is 2.16. The zero-order valence-electron chi connectivity index (χ0n) is 24.0. The highest BCUT2D eigenvalue weighted by Gasteiger charge is 2.54. The van der Waals surface area contributed by atoms with Crippen LogP contribution in [0.25, 0.3) is 0 Å². The Labute approximate surface area is 247 Å². The molecule has 10 heteroatoms. The molecule has 1 aromatic carbocycles. The lowest BCUT2D eigenvalue weighted by Gasteiger charge is -2.56. The maximum Gasteiger partial charge on any atom is 0.246 e. The van der Waals surface area contributed by atoms with Gasteiger partial charge in [-0.25, -0.2) is 4.39 Å². The van der Waals surface area contributed by atoms with Gasteiger partial charge in [-0.3, -0.25) is 20.3 Å². The van der Waals surface area contributed by atoms with E-state index in [4.69, 9.17) is 4.74 Å². The van der Waals surface area contributed by atoms with E-state index < -0.39 is 10.9 Å². The van der Waals surface area contributed by atoms with E-state index in [1.165, 1.54) is 12.5 Å². The lowest BCUT2D eigenvalue weighted by molar-refractivity contribution is -0.136. The number of amides is 1. The summed E-state index contributed by atoms with van der Waals surface area (Å²) in [4.78, 5) is 19.1. The molecule has 0 aromatic heterocycles. The molecular weight excluding hydrogens is 539 g/mol. The van der Waals surface area contributed by atoms with Crippen molar-refractivity contribution in [3.05, 3.63) is 48.0 Å². The lowest BCUT2D eigenvalue weighted by Crippen LogP contribution is -2.73. The first-order chi connectivity index (χ1) is 19.9. The van der Waals surface area contributed by atoms with E-state index >= 15 is 4.39 Å². The van der Waals surface area contributed by atoms with Gasteiger partial charge in [-0.05, 0) is 62.9 Å². The van der Waals surface area contributed by atoms with Gasteiger partial charge in [0.1, 0.15) is 6.17 Å². The summed E-state index contributed by atoms with van der Waals surface area (Å²) in [6.45, 7) is 7.28. The van der Waals surface area contributed by atoms with Crippen molar-refractivity contribution in [3.63, 3.8) is 0 Å². The smallest absolute Gasteiger partial charge is 0.246 e. The van der Waals surface area contributed by atoms with Crippen LogP contribution in [0.15, 0.2) is 36.9 Å². The van der Waals surface area contributed by atoms with E-state index in [0.29, 0.717) is 32.3 Å². The summed E-state index contributed by atoms with van der Waals surface area (Å²) in [5, 5.41) is 17.1. The Bertz CT molecular complexity index is 1170. The number of hydrogen-bond donors (Lipinski definition) is 2. The normalized spacial score (nSPS) is 37.8. The highest BCUT2D eigenvalue weighted by molar-refractivity contribution is 8.00. The SMILES string of the molecule is C=CC(=O)N1CCN(C2NC(OCC3CCCN3C)NC3C[C@@]4(CCC32)SCc2ccccc2C4F)CC1CC#N. The van der Waals surface area contributed by atoms with Gasteiger partial charge in [-0.15, -0.1) is 11.8 Å². The number of nitrogens with one attached hydrogen (secondary N) is 2. The molecule has 6 rings (SSSR count). The number of thioether (sulfide) groups is 1. The molecule has 4 fully saturated rings. The predicted molar refractivity (Wildman–Crippen MR) is 158 cm³/mol. The van der Waals surface area contributed by atoms with E-state index in [-0.39, 0.29) is 42.8 Å². The number of likely N-dealkylation sites (tertiary alicyclic amines) is 1. The third kappa shape index (κ3) is 5.69. The second-order valence-corrected chi connectivity index (χ2v) is 13.8. The van der Waals surface area contributed by atoms with Crippen LogP contribution in [0.3, 0.4) is 0 Å². The van der Waals surface area contributed by atoms with Crippen LogP contribution in [0.1, 0.15) is 55.8 Å². The molecule has 1 spiro atoms. The van der Waals surface area contributed by atoms with Crippen LogP contribution in [-0.4, -0.2) is 95.8 Å². The molecule has 8 atom stereocenters. The van der Waals surface area contributed by atoms with Crippen molar-refractivity contribution in [2.24, 2.45) is 5.92 Å². The Morgan fingerprint density at radius 3 is 2.90 bits per heavy atom. The maximum absolute atomic E-state index is 16.3. The van der Waals surface area contributed by atoms with Crippen molar-refractivity contribution < 1.29 is 13.9 Å². The van der Waals surface area contributed by atoms with Crippen LogP contribution >= 0.6 is 11.8 Å². The average Bonchev–Trinajstić information content (AvgIpc) is 3.41. The first-order valence-electron chi connectivity index (χ1n) is 15.2. The number of piperazine rings is 1. The Morgan fingerprint density at radius 1 is 1.27 bits per heavy atom. The summed E-state index contributed by atoms with van der Waals surface area (Å²) in [5.41, 5.74) is 1.97. The Morgan fingerprint density at radius 2 is 2.12 bits per heavy atom. The topological polar surface area (TPSA) is 83.9 Å². The molecule has 222 valence electrons. The van der Waals surface area contributed by atoms with Crippen molar-refractivity contribution in [1.29, 1.82) is 5.26 Å². The van der Waals surface area contributed by atoms with E-state index in [1.54, 1.807) is 16.7 Å². The van der Waals surface area contributed by atoms with E-state index in [9.17, 15) is 10.1 Å². The lowest BCUT2D eigenvalue weighted by atomic mass is 9.71. The number of alkyl halides is 1. The maximum atomic E-state index is 16.3. The quantitative estimate of drug-likeness (QED) is 0.494. The summed E-state index contributed by atoms with van der Waals surface area (Å²) >= 11 is 1.79. The van der Waals surface area contributed by atoms with Crippen LogP contribution in [0, 0.1) is 17.2 Å². The molecule has 8 nitrogen and oxygen atoms in total. The number of benzene rings is 1. The van der Waals surface area contributed by atoms with Gasteiger partial charge < -0.3 is 14.5 Å². The largest absolute Gasteiger partial charge is 0.348 e. The number of carbonyl (C=O) groups is 1. The van der Waals surface area contributed by atoms with Crippen LogP contribution in [0.2, 0.25) is 0 Å². The van der Waals surface area contributed by atoms with Crippen LogP contribution in [-0.2, 0) is 15.3 Å². The molecule has 0 bridgehead atoms. The fourth-order valence-electron chi connectivity index (χ4n) is 7.86. The first kappa shape index (κ1) is 29.1. The average molecular weight is 583 g/mol. The number of carbonyl (C=O) groups excluding carboxylic acids is 1. The second-order valence-electron chi connectivity index (χ2n) is 12.4. The van der Waals surface area contributed by atoms with Crippen molar-refractivity contribution in [3.8, 4) is 6.07 Å². The number of rotatable bonds is 6. The highest BCUT2D eigenvalue weighted by atomic mass is 32.2. The Hall–Kier alpha value is -2.00. The summed E-state index contributed by atoms with van der Waals surface area (Å²) < 4.78 is 22.4. The molecule has 1 aromatic rings. The molecular formula is C31H43FN6O2S. The summed E-state index contributed by atoms with van der Waals surface area (Å²) in [6, 6.07) is 10.6. The standard InChI is InChI=1S/C31H43FN6O2S/c1-3-27(39)38-16-15-37(18-22(38)11-13-33)29-25-10-12-31(28(32)24-9-5-4-7-21(24)20-41-31)17-26(25)34-30(35-29)40-19-23-8-6-14-36(23)2/h3-5,7,9,22-23,25-26,28-30,34-35H,1,6,8,10-12,14-20H2,2H3/t22?,23?,25?,26?,28?,29?,30?,31-/m1/s1. The molecule has 4 heterocycles. The van der Waals surface area contributed by atoms with Gasteiger partial charge in [-0.2, -0.15) is 5.26 Å². The minimum absolute atomic E-state index is 0.0195. The van der Waals surface area contributed by atoms with Crippen LogP contribution < -0.4 is 10.6 Å². The van der Waals surface area contributed by atoms with Crippen LogP contribution in [0.5, 0.6) is 0 Å². The molecule has 5 aliphatic rings. The minimum Gasteiger partial charge on any atom is -0.348 e. The van der Waals surface area contributed by atoms with Crippen molar-refractivity contribution in [1.82, 2.24) is 25.3 Å². The third-order valence-corrected chi connectivity index (χ3v) is 11.8. The number of likely N-dealkylation sites (N-methyl/N-ethyl adjacent to an activating group) is 1. The van der Waals surface area contributed by atoms with Gasteiger partial charge in [0.25, 0.3) is 0 Å². The third-order valence-electron chi connectivity index (χ3n) is 10.2. The van der Waals surface area contributed by atoms with Gasteiger partial charge >= 0.3 is 0 Å². The summed E-state index contributed by atoms with van der Waals surface area (Å²) in [6.07, 6.45) is 5.11. The predicted octanol–water partition coefficient (Wildman–Crippen LogP) is 3.38. The fourth-order valence-corrected chi connectivity index (χ4v) is 9.40. The van der Waals surface area contributed by atoms with E-state index in [0.717, 1.165) is 49.1 Å². The van der Waals surface area contributed by atoms with Crippen molar-refractivity contribution in [2.75, 3.05) is 39.8 Å². The molecule has 41 heavy (non-hydrogen) atoms. The molecule has 4 aliphatic heterocycles. The van der Waals surface area contributed by atoms with Gasteiger partial charge in [-0.1, -0.05) is 30.8 Å². The number of halogens is 1. The minimum atomic E-state index is -0.992. The fraction of sp³-hybridized carbons (Fsp3) is 0.677. The molecule has 0 radical (unpaired) electrons. The first-order valence-corrected chi connectivity index (χ1v) is 16.1. The summed E-state index contributed by atoms with van der Waals surface area (Å²) in [5.74, 6) is 0.994. The van der Waals surface area contributed by atoms with E-state index in [1.807, 2.05) is 18.2 Å². The van der Waals surface area contributed by atoms with Gasteiger partial charge in [0.05, 0.1) is 36.1 Å². The van der Waals surface area contributed by atoms with Gasteiger partial charge in [0.2, 0.25) is 5.91 Å². The number of hydrogen-bond acceptors (Lipinski definition) is 8. The highest BCUT2D eigenvalue weighted by Crippen LogP contribution is 2.56. The number of nitrogens with zero attached hydrogens (tertiary/aromatic N) is 4. The van der Waals surface area contributed by atoms with Crippen LogP contribution in [0.4, 0.5) is 4.39 Å². The molecule has 1 aliphatic carbocycles. The Kier molecular flexibility index (Phi) is 8.74. The molecule has 2 N–H and O–H groups in total. The van der Waals surface area contributed by atoms with Crippen molar-refractivity contribution >= 4 is 17.7 Å². The number of ether oxygens (including phenoxy) is 1. The van der Waals surface area contributed by atoms with Crippen molar-refractivity contribution in [2.45, 2.75) is 85.8 Å².